The molecule has 10 heteroatoms. The molecule has 4 rings (SSSR count). The number of carbonyl (C=O) groups is 3. The molecule has 2 saturated heterocycles. The van der Waals surface area contributed by atoms with Gasteiger partial charge in [0.2, 0.25) is 11.8 Å². The van der Waals surface area contributed by atoms with Gasteiger partial charge in [0, 0.05) is 31.1 Å². The van der Waals surface area contributed by atoms with Gasteiger partial charge in [-0.1, -0.05) is 12.1 Å². The Bertz CT molecular complexity index is 995. The number of benzene rings is 1. The van der Waals surface area contributed by atoms with E-state index < -0.39 is 27.6 Å². The van der Waals surface area contributed by atoms with Gasteiger partial charge in [0.25, 0.3) is 5.91 Å². The van der Waals surface area contributed by atoms with Gasteiger partial charge in [-0.25, -0.2) is 8.42 Å². The van der Waals surface area contributed by atoms with Gasteiger partial charge in [0.05, 0.1) is 17.1 Å². The topological polar surface area (TPSA) is 125 Å². The number of para-hydroxylation sites is 1. The smallest absolute Gasteiger partial charge is 0.255 e. The van der Waals surface area contributed by atoms with Crippen LogP contribution in [-0.4, -0.2) is 66.8 Å². The second kappa shape index (κ2) is 7.57. The van der Waals surface area contributed by atoms with Gasteiger partial charge >= 0.3 is 0 Å². The van der Waals surface area contributed by atoms with Crippen LogP contribution < -0.4 is 16.0 Å². The first kappa shape index (κ1) is 20.6. The summed E-state index contributed by atoms with van der Waals surface area (Å²) in [5.74, 6) is -0.684. The second-order valence-corrected chi connectivity index (χ2v) is 10.6. The maximum Gasteiger partial charge on any atom is 0.255 e. The molecule has 1 aromatic carbocycles. The van der Waals surface area contributed by atoms with Crippen LogP contribution in [0.3, 0.4) is 0 Å². The molecule has 3 amide bonds. The van der Waals surface area contributed by atoms with Crippen molar-refractivity contribution in [1.29, 1.82) is 0 Å². The van der Waals surface area contributed by atoms with E-state index in [9.17, 15) is 22.8 Å². The molecule has 9 nitrogen and oxygen atoms in total. The van der Waals surface area contributed by atoms with Gasteiger partial charge in [-0.05, 0) is 31.9 Å². The average Bonchev–Trinajstić information content (AvgIpc) is 2.96. The molecule has 162 valence electrons. The average molecular weight is 435 g/mol. The number of nitrogens with one attached hydrogen (secondary N) is 3. The summed E-state index contributed by atoms with van der Waals surface area (Å²) in [6.45, 7) is 1.95. The van der Waals surface area contributed by atoms with Crippen LogP contribution in [0.4, 0.5) is 5.69 Å². The van der Waals surface area contributed by atoms with E-state index in [4.69, 9.17) is 0 Å². The highest BCUT2D eigenvalue weighted by Crippen LogP contribution is 2.32. The van der Waals surface area contributed by atoms with Crippen molar-refractivity contribution >= 4 is 33.2 Å². The third kappa shape index (κ3) is 4.00. The number of likely N-dealkylation sites (tertiary alicyclic amines) is 1. The fourth-order valence-electron chi connectivity index (χ4n) is 4.42. The Morgan fingerprint density at radius 1 is 1.23 bits per heavy atom. The lowest BCUT2D eigenvalue weighted by atomic mass is 9.95. The van der Waals surface area contributed by atoms with Crippen molar-refractivity contribution in [2.75, 3.05) is 23.4 Å². The Labute approximate surface area is 175 Å². The Hall–Kier alpha value is -2.62. The predicted octanol–water partition coefficient (Wildman–Crippen LogP) is 0.243. The van der Waals surface area contributed by atoms with Crippen LogP contribution in [-0.2, 0) is 19.4 Å². The molecule has 2 fully saturated rings. The molecule has 1 spiro atoms. The summed E-state index contributed by atoms with van der Waals surface area (Å²) >= 11 is 0. The predicted molar refractivity (Wildman–Crippen MR) is 110 cm³/mol. The first-order valence-corrected chi connectivity index (χ1v) is 12.0. The lowest BCUT2D eigenvalue weighted by Gasteiger charge is -2.40. The van der Waals surface area contributed by atoms with E-state index in [2.05, 4.69) is 16.0 Å². The van der Waals surface area contributed by atoms with Gasteiger partial charge in [0.1, 0.15) is 11.7 Å². The van der Waals surface area contributed by atoms with E-state index in [1.807, 2.05) is 12.1 Å². The molecule has 3 aliphatic heterocycles. The molecule has 3 N–H and O–H groups in total. The molecule has 0 unspecified atom stereocenters. The normalized spacial score (nSPS) is 28.8. The van der Waals surface area contributed by atoms with E-state index >= 15 is 0 Å². The van der Waals surface area contributed by atoms with Gasteiger partial charge < -0.3 is 20.9 Å². The summed E-state index contributed by atoms with van der Waals surface area (Å²) in [6, 6.07) is 6.10. The fourth-order valence-corrected chi connectivity index (χ4v) is 6.09. The van der Waals surface area contributed by atoms with Crippen molar-refractivity contribution in [1.82, 2.24) is 15.5 Å². The summed E-state index contributed by atoms with van der Waals surface area (Å²) in [5.41, 5.74) is 0.552. The summed E-state index contributed by atoms with van der Waals surface area (Å²) in [6.07, 6.45) is 1.45. The van der Waals surface area contributed by atoms with Crippen molar-refractivity contribution in [3.63, 3.8) is 0 Å². The summed E-state index contributed by atoms with van der Waals surface area (Å²) in [4.78, 5) is 39.5. The zero-order valence-electron chi connectivity index (χ0n) is 16.8. The van der Waals surface area contributed by atoms with Gasteiger partial charge in [-0.2, -0.15) is 0 Å². The monoisotopic (exact) mass is 434 g/mol. The maximum atomic E-state index is 12.8. The summed E-state index contributed by atoms with van der Waals surface area (Å²) < 4.78 is 23.2. The van der Waals surface area contributed by atoms with Crippen molar-refractivity contribution in [2.45, 2.75) is 50.4 Å². The van der Waals surface area contributed by atoms with Crippen molar-refractivity contribution in [3.05, 3.63) is 29.8 Å². The lowest BCUT2D eigenvalue weighted by molar-refractivity contribution is -0.139. The van der Waals surface area contributed by atoms with Crippen molar-refractivity contribution in [2.24, 2.45) is 0 Å². The summed E-state index contributed by atoms with van der Waals surface area (Å²) in [7, 11) is -3.10. The number of carbonyl (C=O) groups excluding carboxylic acids is 3. The molecular formula is C20H26N4O5S. The summed E-state index contributed by atoms with van der Waals surface area (Å²) in [5, 5.41) is 9.16. The van der Waals surface area contributed by atoms with Crippen LogP contribution in [0.1, 0.15) is 43.0 Å². The van der Waals surface area contributed by atoms with Crippen molar-refractivity contribution < 1.29 is 22.8 Å². The Morgan fingerprint density at radius 3 is 2.73 bits per heavy atom. The molecule has 1 aromatic rings. The lowest BCUT2D eigenvalue weighted by Crippen LogP contribution is -2.58. The van der Waals surface area contributed by atoms with E-state index in [0.717, 1.165) is 5.69 Å². The first-order chi connectivity index (χ1) is 14.2. The number of sulfone groups is 1. The molecule has 0 bridgehead atoms. The molecule has 3 atom stereocenters. The second-order valence-electron chi connectivity index (χ2n) is 8.33. The zero-order valence-corrected chi connectivity index (χ0v) is 17.6. The maximum absolute atomic E-state index is 12.8. The molecule has 3 aliphatic rings. The van der Waals surface area contributed by atoms with Crippen LogP contribution >= 0.6 is 0 Å². The quantitative estimate of drug-likeness (QED) is 0.626. The number of amides is 3. The first-order valence-electron chi connectivity index (χ1n) is 10.2. The third-order valence-electron chi connectivity index (χ3n) is 6.19. The molecule has 30 heavy (non-hydrogen) atoms. The SMILES string of the molecule is C[C@H](C(=O)N[C@@H]1CCS(=O)(=O)C1)N1CC[C@@]2(CCC1=O)NC(=O)c1ccccc1N2. The van der Waals surface area contributed by atoms with E-state index in [1.165, 1.54) is 4.90 Å². The van der Waals surface area contributed by atoms with Gasteiger partial charge in [-0.15, -0.1) is 0 Å². The van der Waals surface area contributed by atoms with Gasteiger partial charge in [0.15, 0.2) is 9.84 Å². The van der Waals surface area contributed by atoms with Crippen LogP contribution in [0.2, 0.25) is 0 Å². The van der Waals surface area contributed by atoms with Crippen LogP contribution in [0, 0.1) is 0 Å². The number of hydrogen-bond donors (Lipinski definition) is 3. The zero-order chi connectivity index (χ0) is 21.5. The van der Waals surface area contributed by atoms with E-state index in [1.54, 1.807) is 19.1 Å². The largest absolute Gasteiger partial charge is 0.362 e. The van der Waals surface area contributed by atoms with Gasteiger partial charge in [-0.3, -0.25) is 14.4 Å². The fraction of sp³-hybridized carbons (Fsp3) is 0.550. The number of anilines is 1. The van der Waals surface area contributed by atoms with Crippen LogP contribution in [0.15, 0.2) is 24.3 Å². The minimum Gasteiger partial charge on any atom is -0.362 e. The Morgan fingerprint density at radius 2 is 2.00 bits per heavy atom. The Balaban J connectivity index is 1.44. The number of rotatable bonds is 3. The minimum atomic E-state index is -3.10. The standard InChI is InChI=1S/C20H26N4O5S/c1-13(18(26)21-14-7-11-30(28,29)12-14)24-10-9-20(8-6-17(24)25)22-16-5-3-2-4-15(16)19(27)23-20/h2-5,13-14,22H,6-12H2,1H3,(H,21,26)(H,23,27)/t13-,14-,20-/m1/s1. The molecule has 0 saturated carbocycles. The molecule has 0 aromatic heterocycles. The third-order valence-corrected chi connectivity index (χ3v) is 7.96. The number of nitrogens with zero attached hydrogens (tertiary/aromatic N) is 1. The van der Waals surface area contributed by atoms with Crippen LogP contribution in [0.25, 0.3) is 0 Å². The van der Waals surface area contributed by atoms with E-state index in [-0.39, 0.29) is 35.6 Å². The molecular weight excluding hydrogens is 408 g/mol. The number of hydrogen-bond acceptors (Lipinski definition) is 6. The number of fused-ring (bicyclic) bond motifs is 1. The molecule has 0 radical (unpaired) electrons. The molecule has 0 aliphatic carbocycles. The highest BCUT2D eigenvalue weighted by Gasteiger charge is 2.42. The minimum absolute atomic E-state index is 0.0577. The molecule has 3 heterocycles. The highest BCUT2D eigenvalue weighted by atomic mass is 32.2. The van der Waals surface area contributed by atoms with E-state index in [0.29, 0.717) is 31.4 Å². The highest BCUT2D eigenvalue weighted by molar-refractivity contribution is 7.91. The van der Waals surface area contributed by atoms with Crippen molar-refractivity contribution in [3.8, 4) is 0 Å². The Kier molecular flexibility index (Phi) is 5.21. The van der Waals surface area contributed by atoms with Crippen LogP contribution in [0.5, 0.6) is 0 Å².